The molecule has 2 saturated heterocycles. The second-order valence-corrected chi connectivity index (χ2v) is 9.78. The average molecular weight is 480 g/mol. The molecule has 2 atom stereocenters. The molecule has 0 saturated carbocycles. The summed E-state index contributed by atoms with van der Waals surface area (Å²) in [5.41, 5.74) is 2.10. The van der Waals surface area contributed by atoms with Crippen LogP contribution < -0.4 is 4.74 Å². The maximum Gasteiger partial charge on any atom is 0.290 e. The van der Waals surface area contributed by atoms with E-state index in [1.54, 1.807) is 23.9 Å². The number of likely N-dealkylation sites (tertiary alicyclic amines) is 1. The minimum Gasteiger partial charge on any atom is -0.426 e. The largest absolute Gasteiger partial charge is 0.426 e. The highest BCUT2D eigenvalue weighted by Crippen LogP contribution is 2.31. The van der Waals surface area contributed by atoms with E-state index < -0.39 is 0 Å². The number of thioether (sulfide) groups is 1. The Hall–Kier alpha value is -2.84. The molecule has 2 fully saturated rings. The summed E-state index contributed by atoms with van der Waals surface area (Å²) in [4.78, 5) is 24.4. The van der Waals surface area contributed by atoms with Gasteiger partial charge in [-0.05, 0) is 56.4 Å². The Morgan fingerprint density at radius 3 is 2.88 bits per heavy atom. The first-order valence-electron chi connectivity index (χ1n) is 11.9. The first-order valence-corrected chi connectivity index (χ1v) is 12.8. The maximum atomic E-state index is 13.2. The summed E-state index contributed by atoms with van der Waals surface area (Å²) < 4.78 is 17.1. The molecule has 0 N–H and O–H groups in total. The zero-order chi connectivity index (χ0) is 23.3. The fraction of sp³-hybridized carbons (Fsp3) is 0.423. The molecule has 4 heterocycles. The van der Waals surface area contributed by atoms with Gasteiger partial charge in [-0.25, -0.2) is 9.97 Å². The first-order chi connectivity index (χ1) is 16.7. The topological polar surface area (TPSA) is 77.7 Å². The molecule has 0 bridgehead atoms. The van der Waals surface area contributed by atoms with E-state index in [2.05, 4.69) is 4.98 Å². The van der Waals surface area contributed by atoms with Crippen molar-refractivity contribution in [1.82, 2.24) is 14.9 Å². The van der Waals surface area contributed by atoms with Gasteiger partial charge in [-0.1, -0.05) is 30.0 Å². The number of rotatable bonds is 7. The third-order valence-electron chi connectivity index (χ3n) is 6.26. The number of aryl methyl sites for hydroxylation is 1. The van der Waals surface area contributed by atoms with E-state index >= 15 is 0 Å². The van der Waals surface area contributed by atoms with Gasteiger partial charge in [0.1, 0.15) is 5.75 Å². The van der Waals surface area contributed by atoms with Crippen LogP contribution in [0.15, 0.2) is 58.2 Å². The van der Waals surface area contributed by atoms with Gasteiger partial charge in [0.15, 0.2) is 10.9 Å². The number of amides is 1. The van der Waals surface area contributed by atoms with Crippen LogP contribution in [0.4, 0.5) is 0 Å². The number of furan rings is 1. The van der Waals surface area contributed by atoms with Crippen molar-refractivity contribution >= 4 is 17.7 Å². The molecular formula is C26H29N3O4S. The van der Waals surface area contributed by atoms with E-state index in [1.165, 1.54) is 0 Å². The van der Waals surface area contributed by atoms with E-state index in [0.29, 0.717) is 36.6 Å². The van der Waals surface area contributed by atoms with E-state index in [1.807, 2.05) is 48.4 Å². The van der Waals surface area contributed by atoms with Crippen LogP contribution in [0.25, 0.3) is 0 Å². The highest BCUT2D eigenvalue weighted by atomic mass is 32.2. The molecule has 1 aromatic carbocycles. The van der Waals surface area contributed by atoms with E-state index in [0.717, 1.165) is 54.5 Å². The lowest BCUT2D eigenvalue weighted by Gasteiger charge is -2.32. The van der Waals surface area contributed by atoms with Gasteiger partial charge in [0, 0.05) is 43.6 Å². The number of para-hydroxylation sites is 1. The zero-order valence-corrected chi connectivity index (χ0v) is 20.1. The molecule has 178 valence electrons. The van der Waals surface area contributed by atoms with Gasteiger partial charge < -0.3 is 18.8 Å². The van der Waals surface area contributed by atoms with Crippen LogP contribution in [0.1, 0.15) is 53.4 Å². The predicted molar refractivity (Wildman–Crippen MR) is 130 cm³/mol. The number of aromatic nitrogens is 2. The smallest absolute Gasteiger partial charge is 0.290 e. The Balaban J connectivity index is 1.24. The standard InChI is InChI=1S/C26H29N3O4S/c1-18-15-27-26(34-17-21-10-6-14-31-21)28-24(18)19-7-5-13-29(16-19)25(30)22-11-12-23(33-22)32-20-8-3-2-4-9-20/h2-4,8-9,11-12,15,19,21H,5-7,10,13-14,16-17H2,1H3/t19-,21-/m0/s1. The maximum absolute atomic E-state index is 13.2. The second kappa shape index (κ2) is 10.6. The highest BCUT2D eigenvalue weighted by molar-refractivity contribution is 7.99. The summed E-state index contributed by atoms with van der Waals surface area (Å²) in [6.07, 6.45) is 6.36. The van der Waals surface area contributed by atoms with Crippen molar-refractivity contribution in [3.63, 3.8) is 0 Å². The fourth-order valence-corrected chi connectivity index (χ4v) is 5.39. The summed E-state index contributed by atoms with van der Waals surface area (Å²) in [7, 11) is 0. The molecule has 3 aromatic rings. The lowest BCUT2D eigenvalue weighted by Crippen LogP contribution is -2.39. The van der Waals surface area contributed by atoms with Crippen molar-refractivity contribution in [2.24, 2.45) is 0 Å². The molecule has 2 aromatic heterocycles. The van der Waals surface area contributed by atoms with E-state index in [4.69, 9.17) is 18.9 Å². The molecule has 5 rings (SSSR count). The molecule has 0 spiro atoms. The van der Waals surface area contributed by atoms with Gasteiger partial charge in [-0.15, -0.1) is 0 Å². The number of carbonyl (C=O) groups is 1. The Morgan fingerprint density at radius 1 is 1.18 bits per heavy atom. The molecule has 1 amide bonds. The van der Waals surface area contributed by atoms with Gasteiger partial charge in [-0.3, -0.25) is 4.79 Å². The second-order valence-electron chi connectivity index (χ2n) is 8.79. The van der Waals surface area contributed by atoms with Crippen LogP contribution >= 0.6 is 11.8 Å². The summed E-state index contributed by atoms with van der Waals surface area (Å²) in [6, 6.07) is 12.8. The van der Waals surface area contributed by atoms with Crippen molar-refractivity contribution in [2.45, 2.75) is 49.8 Å². The normalized spacial score (nSPS) is 20.4. The molecule has 8 heteroatoms. The monoisotopic (exact) mass is 479 g/mol. The first kappa shape index (κ1) is 22.9. The van der Waals surface area contributed by atoms with Crippen molar-refractivity contribution in [2.75, 3.05) is 25.4 Å². The number of hydrogen-bond donors (Lipinski definition) is 0. The SMILES string of the molecule is Cc1cnc(SC[C@@H]2CCCO2)nc1[C@H]1CCCN(C(=O)c2ccc(Oc3ccccc3)o2)C1. The third-order valence-corrected chi connectivity index (χ3v) is 7.25. The molecule has 0 aliphatic carbocycles. The van der Waals surface area contributed by atoms with Gasteiger partial charge in [-0.2, -0.15) is 0 Å². The van der Waals surface area contributed by atoms with Crippen LogP contribution in [-0.4, -0.2) is 52.3 Å². The Bertz CT molecular complexity index is 1110. The van der Waals surface area contributed by atoms with E-state index in [9.17, 15) is 4.79 Å². The summed E-state index contributed by atoms with van der Waals surface area (Å²) >= 11 is 1.66. The molecule has 2 aliphatic heterocycles. The number of carbonyl (C=O) groups excluding carboxylic acids is 1. The van der Waals surface area contributed by atoms with Gasteiger partial charge in [0.05, 0.1) is 11.8 Å². The van der Waals surface area contributed by atoms with Crippen LogP contribution in [0, 0.1) is 6.92 Å². The number of benzene rings is 1. The molecule has 7 nitrogen and oxygen atoms in total. The molecule has 0 unspecified atom stereocenters. The fourth-order valence-electron chi connectivity index (χ4n) is 4.50. The van der Waals surface area contributed by atoms with Crippen LogP contribution in [0.2, 0.25) is 0 Å². The lowest BCUT2D eigenvalue weighted by atomic mass is 9.92. The molecule has 2 aliphatic rings. The summed E-state index contributed by atoms with van der Waals surface area (Å²) in [5, 5.41) is 0.785. The van der Waals surface area contributed by atoms with Crippen molar-refractivity contribution in [3.05, 3.63) is 65.7 Å². The van der Waals surface area contributed by atoms with Gasteiger partial charge in [0.25, 0.3) is 11.9 Å². The zero-order valence-electron chi connectivity index (χ0n) is 19.3. The van der Waals surface area contributed by atoms with Crippen LogP contribution in [0.5, 0.6) is 11.7 Å². The Labute approximate surface area is 203 Å². The van der Waals surface area contributed by atoms with Gasteiger partial charge in [0.2, 0.25) is 0 Å². The quantitative estimate of drug-likeness (QED) is 0.329. The minimum absolute atomic E-state index is 0.118. The Morgan fingerprint density at radius 2 is 2.06 bits per heavy atom. The van der Waals surface area contributed by atoms with Crippen LogP contribution in [0.3, 0.4) is 0 Å². The third kappa shape index (κ3) is 5.45. The molecule has 34 heavy (non-hydrogen) atoms. The molecular weight excluding hydrogens is 450 g/mol. The summed E-state index contributed by atoms with van der Waals surface area (Å²) in [6.45, 7) is 4.22. The van der Waals surface area contributed by atoms with Crippen molar-refractivity contribution in [1.29, 1.82) is 0 Å². The number of ether oxygens (including phenoxy) is 2. The number of nitrogens with zero attached hydrogens (tertiary/aromatic N) is 3. The van der Waals surface area contributed by atoms with Crippen molar-refractivity contribution in [3.8, 4) is 11.7 Å². The van der Waals surface area contributed by atoms with E-state index in [-0.39, 0.29) is 11.8 Å². The summed E-state index contributed by atoms with van der Waals surface area (Å²) in [5.74, 6) is 2.21. The Kier molecular flexibility index (Phi) is 7.16. The average Bonchev–Trinajstić information content (AvgIpc) is 3.56. The minimum atomic E-state index is -0.118. The van der Waals surface area contributed by atoms with Crippen molar-refractivity contribution < 1.29 is 18.7 Å². The number of hydrogen-bond acceptors (Lipinski definition) is 7. The van der Waals surface area contributed by atoms with Gasteiger partial charge >= 0.3 is 0 Å². The van der Waals surface area contributed by atoms with Crippen LogP contribution in [-0.2, 0) is 4.74 Å². The lowest BCUT2D eigenvalue weighted by molar-refractivity contribution is 0.0668. The molecule has 0 radical (unpaired) electrons. The number of piperidine rings is 1. The predicted octanol–water partition coefficient (Wildman–Crippen LogP) is 5.46. The highest BCUT2D eigenvalue weighted by Gasteiger charge is 2.29.